The van der Waals surface area contributed by atoms with Crippen LogP contribution >= 0.6 is 15.9 Å². The number of carbonyl (C=O) groups excluding carboxylic acids is 3. The number of hydrogen-bond donors (Lipinski definition) is 0. The van der Waals surface area contributed by atoms with Gasteiger partial charge in [0.05, 0.1) is 13.2 Å². The van der Waals surface area contributed by atoms with Gasteiger partial charge in [-0.25, -0.2) is 0 Å². The summed E-state index contributed by atoms with van der Waals surface area (Å²) in [5, 5.41) is 0. The Bertz CT molecular complexity index is 1710. The van der Waals surface area contributed by atoms with E-state index in [1.165, 1.54) is 0 Å². The van der Waals surface area contributed by atoms with Crippen molar-refractivity contribution in [2.45, 2.75) is 18.0 Å². The summed E-state index contributed by atoms with van der Waals surface area (Å²) in [4.78, 5) is 46.0. The molecule has 40 heavy (non-hydrogen) atoms. The highest BCUT2D eigenvalue weighted by molar-refractivity contribution is 9.10. The lowest BCUT2D eigenvalue weighted by Gasteiger charge is -2.37. The van der Waals surface area contributed by atoms with Crippen molar-refractivity contribution in [1.29, 1.82) is 0 Å². The van der Waals surface area contributed by atoms with E-state index in [1.54, 1.807) is 43.5 Å². The van der Waals surface area contributed by atoms with Crippen LogP contribution in [0.2, 0.25) is 0 Å². The quantitative estimate of drug-likeness (QED) is 0.194. The molecule has 0 saturated carbocycles. The minimum atomic E-state index is -1.54. The number of ketones is 3. The normalized spacial score (nSPS) is 21.8. The van der Waals surface area contributed by atoms with Crippen LogP contribution in [0, 0.1) is 5.41 Å². The maximum absolute atomic E-state index is 14.7. The smallest absolute Gasteiger partial charge is 0.185 e. The molecule has 2 aliphatic heterocycles. The molecule has 0 radical (unpaired) electrons. The predicted molar refractivity (Wildman–Crippen MR) is 157 cm³/mol. The summed E-state index contributed by atoms with van der Waals surface area (Å²) in [5.41, 5.74) is 2.24. The van der Waals surface area contributed by atoms with Gasteiger partial charge in [0, 0.05) is 32.8 Å². The summed E-state index contributed by atoms with van der Waals surface area (Å²) in [6.45, 7) is 0. The van der Waals surface area contributed by atoms with Crippen molar-refractivity contribution in [1.82, 2.24) is 0 Å². The molecule has 7 rings (SSSR count). The number of rotatable bonds is 4. The Labute approximate surface area is 240 Å². The van der Waals surface area contributed by atoms with Crippen LogP contribution in [0.15, 0.2) is 108 Å². The number of methoxy groups -OCH3 is 1. The SMILES string of the molecule is COc1cccc(C2C(C(=O)c3ccccc3)N3c4ccc(Br)cc4C=CC3C23C(=O)c2ccccc2C3=O)c1. The zero-order valence-electron chi connectivity index (χ0n) is 21.6. The first-order valence-corrected chi connectivity index (χ1v) is 13.9. The second kappa shape index (κ2) is 9.14. The predicted octanol–water partition coefficient (Wildman–Crippen LogP) is 6.77. The molecule has 3 unspecified atom stereocenters. The summed E-state index contributed by atoms with van der Waals surface area (Å²) >= 11 is 3.57. The van der Waals surface area contributed by atoms with Crippen molar-refractivity contribution >= 4 is 45.0 Å². The minimum Gasteiger partial charge on any atom is -0.497 e. The molecule has 0 aromatic heterocycles. The second-order valence-electron chi connectivity index (χ2n) is 10.4. The van der Waals surface area contributed by atoms with Crippen molar-refractivity contribution in [3.63, 3.8) is 0 Å². The van der Waals surface area contributed by atoms with Gasteiger partial charge in [0.2, 0.25) is 0 Å². The van der Waals surface area contributed by atoms with Crippen molar-refractivity contribution in [2.24, 2.45) is 5.41 Å². The molecular formula is C34H24BrNO4. The van der Waals surface area contributed by atoms with E-state index in [0.717, 1.165) is 15.7 Å². The Hall–Kier alpha value is -4.29. The highest BCUT2D eigenvalue weighted by atomic mass is 79.9. The molecular weight excluding hydrogens is 566 g/mol. The first-order chi connectivity index (χ1) is 19.5. The molecule has 6 heteroatoms. The van der Waals surface area contributed by atoms with Crippen LogP contribution in [0.4, 0.5) is 5.69 Å². The Balaban J connectivity index is 1.56. The monoisotopic (exact) mass is 589 g/mol. The number of halogens is 1. The second-order valence-corrected chi connectivity index (χ2v) is 11.3. The lowest BCUT2D eigenvalue weighted by molar-refractivity contribution is 0.0665. The molecule has 5 nitrogen and oxygen atoms in total. The van der Waals surface area contributed by atoms with Gasteiger partial charge in [-0.2, -0.15) is 0 Å². The van der Waals surface area contributed by atoms with E-state index in [-0.39, 0.29) is 17.3 Å². The molecule has 3 atom stereocenters. The molecule has 3 aliphatic rings. The number of hydrogen-bond acceptors (Lipinski definition) is 5. The van der Waals surface area contributed by atoms with Gasteiger partial charge in [0.15, 0.2) is 17.3 Å². The average molecular weight is 590 g/mol. The maximum Gasteiger partial charge on any atom is 0.185 e. The average Bonchev–Trinajstić information content (AvgIpc) is 3.43. The number of benzene rings is 4. The minimum absolute atomic E-state index is 0.143. The van der Waals surface area contributed by atoms with E-state index in [2.05, 4.69) is 15.9 Å². The molecule has 2 heterocycles. The van der Waals surface area contributed by atoms with E-state index in [9.17, 15) is 14.4 Å². The topological polar surface area (TPSA) is 63.7 Å². The maximum atomic E-state index is 14.7. The number of anilines is 1. The van der Waals surface area contributed by atoms with Crippen molar-refractivity contribution < 1.29 is 19.1 Å². The van der Waals surface area contributed by atoms with Gasteiger partial charge in [-0.15, -0.1) is 0 Å². The molecule has 4 aromatic carbocycles. The van der Waals surface area contributed by atoms with Gasteiger partial charge in [0.25, 0.3) is 0 Å². The first-order valence-electron chi connectivity index (χ1n) is 13.1. The van der Waals surface area contributed by atoms with Gasteiger partial charge in [0.1, 0.15) is 17.2 Å². The zero-order valence-corrected chi connectivity index (χ0v) is 23.2. The number of carbonyl (C=O) groups is 3. The third-order valence-electron chi connectivity index (χ3n) is 8.55. The zero-order chi connectivity index (χ0) is 27.6. The van der Waals surface area contributed by atoms with Gasteiger partial charge in [-0.05, 0) is 41.5 Å². The molecule has 0 amide bonds. The van der Waals surface area contributed by atoms with Crippen LogP contribution in [0.25, 0.3) is 6.08 Å². The van der Waals surface area contributed by atoms with Crippen LogP contribution in [0.1, 0.15) is 48.1 Å². The first kappa shape index (κ1) is 24.7. The number of Topliss-reactive ketones (excluding diaryl/α,β-unsaturated/α-hetero) is 3. The molecule has 1 aliphatic carbocycles. The molecule has 4 aromatic rings. The van der Waals surface area contributed by atoms with Crippen LogP contribution < -0.4 is 9.64 Å². The Morgan fingerprint density at radius 2 is 1.55 bits per heavy atom. The molecule has 0 N–H and O–H groups in total. The molecule has 196 valence electrons. The molecule has 1 saturated heterocycles. The number of ether oxygens (including phenoxy) is 1. The highest BCUT2D eigenvalue weighted by Crippen LogP contribution is 2.61. The van der Waals surface area contributed by atoms with E-state index in [4.69, 9.17) is 4.74 Å². The van der Waals surface area contributed by atoms with E-state index >= 15 is 0 Å². The standard InChI is InChI=1S/C34H24BrNO4/c1-40-24-11-7-10-22(19-24)29-30(31(37)20-8-3-2-4-9-20)36-27-16-15-23(35)18-21(27)14-17-28(36)34(29)32(38)25-12-5-6-13-26(25)33(34)39/h2-19,28-30H,1H3. The third-order valence-corrected chi connectivity index (χ3v) is 9.04. The number of nitrogens with zero attached hydrogens (tertiary/aromatic N) is 1. The third kappa shape index (κ3) is 3.29. The Kier molecular flexibility index (Phi) is 5.65. The fourth-order valence-electron chi connectivity index (χ4n) is 6.93. The Morgan fingerprint density at radius 1 is 0.850 bits per heavy atom. The fourth-order valence-corrected chi connectivity index (χ4v) is 7.31. The Morgan fingerprint density at radius 3 is 2.25 bits per heavy atom. The van der Waals surface area contributed by atoms with Crippen molar-refractivity contribution in [3.8, 4) is 5.75 Å². The van der Waals surface area contributed by atoms with E-state index in [1.807, 2.05) is 77.7 Å². The largest absolute Gasteiger partial charge is 0.497 e. The van der Waals surface area contributed by atoms with Crippen molar-refractivity contribution in [2.75, 3.05) is 12.0 Å². The van der Waals surface area contributed by atoms with E-state index in [0.29, 0.717) is 28.0 Å². The lowest BCUT2D eigenvalue weighted by atomic mass is 9.64. The number of fused-ring (bicyclic) bond motifs is 5. The van der Waals surface area contributed by atoms with Crippen LogP contribution in [0.3, 0.4) is 0 Å². The van der Waals surface area contributed by atoms with Gasteiger partial charge in [-0.3, -0.25) is 14.4 Å². The van der Waals surface area contributed by atoms with Crippen LogP contribution in [-0.2, 0) is 0 Å². The molecule has 0 bridgehead atoms. The van der Waals surface area contributed by atoms with Crippen LogP contribution in [0.5, 0.6) is 5.75 Å². The molecule has 1 spiro atoms. The highest BCUT2D eigenvalue weighted by Gasteiger charge is 2.71. The summed E-state index contributed by atoms with van der Waals surface area (Å²) in [6.07, 6.45) is 3.90. The molecule has 1 fully saturated rings. The van der Waals surface area contributed by atoms with Gasteiger partial charge < -0.3 is 9.64 Å². The fraction of sp³-hybridized carbons (Fsp3) is 0.147. The van der Waals surface area contributed by atoms with Gasteiger partial charge >= 0.3 is 0 Å². The summed E-state index contributed by atoms with van der Waals surface area (Å²) in [7, 11) is 1.58. The van der Waals surface area contributed by atoms with Crippen LogP contribution in [-0.4, -0.2) is 36.5 Å². The van der Waals surface area contributed by atoms with E-state index < -0.39 is 23.4 Å². The lowest BCUT2D eigenvalue weighted by Crippen LogP contribution is -2.48. The van der Waals surface area contributed by atoms with Crippen molar-refractivity contribution in [3.05, 3.63) is 135 Å². The van der Waals surface area contributed by atoms with Gasteiger partial charge in [-0.1, -0.05) is 94.8 Å². The summed E-state index contributed by atoms with van der Waals surface area (Å²) in [5.74, 6) is -0.810. The summed E-state index contributed by atoms with van der Waals surface area (Å²) in [6, 6.07) is 27.9. The summed E-state index contributed by atoms with van der Waals surface area (Å²) < 4.78 is 6.46.